The number of fused-ring (bicyclic) bond motifs is 1. The summed E-state index contributed by atoms with van der Waals surface area (Å²) in [4.78, 5) is 34.4. The smallest absolute Gasteiger partial charge is 0.336 e. The van der Waals surface area contributed by atoms with E-state index in [4.69, 9.17) is 9.15 Å². The van der Waals surface area contributed by atoms with Crippen molar-refractivity contribution in [3.8, 4) is 0 Å². The maximum absolute atomic E-state index is 11.9. The molecule has 0 saturated carbocycles. The second-order valence-electron chi connectivity index (χ2n) is 6.48. The van der Waals surface area contributed by atoms with E-state index in [-0.39, 0.29) is 18.5 Å². The highest BCUT2D eigenvalue weighted by atomic mass is 16.5. The third-order valence-corrected chi connectivity index (χ3v) is 4.26. The molecule has 0 bridgehead atoms. The van der Waals surface area contributed by atoms with E-state index in [2.05, 4.69) is 5.32 Å². The second-order valence-corrected chi connectivity index (χ2v) is 6.48. The maximum Gasteiger partial charge on any atom is 0.336 e. The van der Waals surface area contributed by atoms with Crippen LogP contribution in [0.5, 0.6) is 0 Å². The molecule has 1 aromatic heterocycles. The van der Waals surface area contributed by atoms with Crippen LogP contribution in [0.3, 0.4) is 0 Å². The Hall–Kier alpha value is -2.63. The highest BCUT2D eigenvalue weighted by molar-refractivity contribution is 5.82. The van der Waals surface area contributed by atoms with Crippen LogP contribution in [0.4, 0.5) is 0 Å². The van der Waals surface area contributed by atoms with Crippen molar-refractivity contribution in [1.82, 2.24) is 5.32 Å². The molecule has 6 nitrogen and oxygen atoms in total. The number of benzene rings is 1. The Morgan fingerprint density at radius 1 is 1.08 bits per heavy atom. The number of amides is 1. The predicted molar refractivity (Wildman–Crippen MR) is 98.9 cm³/mol. The van der Waals surface area contributed by atoms with Gasteiger partial charge in [0.2, 0.25) is 5.91 Å². The molecule has 140 valence electrons. The molecule has 1 aromatic carbocycles. The SMILES string of the molecule is CC(=O)NCCCCCC(=O)OCc1cc(=O)oc2cc(C)c(C)cc12. The van der Waals surface area contributed by atoms with Gasteiger partial charge in [-0.2, -0.15) is 0 Å². The molecule has 2 rings (SSSR count). The third kappa shape index (κ3) is 5.72. The quantitative estimate of drug-likeness (QED) is 0.444. The molecule has 1 N–H and O–H groups in total. The fourth-order valence-corrected chi connectivity index (χ4v) is 2.67. The Morgan fingerprint density at radius 3 is 2.54 bits per heavy atom. The Labute approximate surface area is 152 Å². The molecule has 0 spiro atoms. The Morgan fingerprint density at radius 2 is 1.81 bits per heavy atom. The highest BCUT2D eigenvalue weighted by Crippen LogP contribution is 2.22. The van der Waals surface area contributed by atoms with Crippen LogP contribution in [0.25, 0.3) is 11.0 Å². The summed E-state index contributed by atoms with van der Waals surface area (Å²) < 4.78 is 10.6. The molecule has 0 aliphatic rings. The van der Waals surface area contributed by atoms with Gasteiger partial charge in [-0.3, -0.25) is 9.59 Å². The zero-order valence-electron chi connectivity index (χ0n) is 15.5. The molecule has 6 heteroatoms. The zero-order chi connectivity index (χ0) is 19.1. The molecular formula is C20H25NO5. The number of aryl methyl sites for hydroxylation is 2. The lowest BCUT2D eigenvalue weighted by Gasteiger charge is -2.09. The van der Waals surface area contributed by atoms with Crippen molar-refractivity contribution in [3.63, 3.8) is 0 Å². The van der Waals surface area contributed by atoms with E-state index in [0.29, 0.717) is 30.5 Å². The molecule has 0 saturated heterocycles. The van der Waals surface area contributed by atoms with Crippen LogP contribution in [-0.4, -0.2) is 18.4 Å². The molecule has 0 aliphatic carbocycles. The molecule has 0 aliphatic heterocycles. The Kier molecular flexibility index (Phi) is 6.95. The molecule has 1 heterocycles. The number of hydrogen-bond donors (Lipinski definition) is 1. The van der Waals surface area contributed by atoms with E-state index in [1.54, 1.807) is 0 Å². The fourth-order valence-electron chi connectivity index (χ4n) is 2.67. The van der Waals surface area contributed by atoms with Crippen LogP contribution in [0.1, 0.15) is 49.3 Å². The first-order valence-electron chi connectivity index (χ1n) is 8.81. The number of carbonyl (C=O) groups excluding carboxylic acids is 2. The summed E-state index contributed by atoms with van der Waals surface area (Å²) >= 11 is 0. The molecule has 0 unspecified atom stereocenters. The minimum Gasteiger partial charge on any atom is -0.461 e. The lowest BCUT2D eigenvalue weighted by atomic mass is 10.0. The summed E-state index contributed by atoms with van der Waals surface area (Å²) in [5.74, 6) is -0.343. The van der Waals surface area contributed by atoms with Crippen molar-refractivity contribution >= 4 is 22.8 Å². The third-order valence-electron chi connectivity index (χ3n) is 4.26. The molecule has 0 radical (unpaired) electrons. The first-order valence-corrected chi connectivity index (χ1v) is 8.81. The summed E-state index contributed by atoms with van der Waals surface area (Å²) in [7, 11) is 0. The highest BCUT2D eigenvalue weighted by Gasteiger charge is 2.10. The van der Waals surface area contributed by atoms with E-state index in [1.165, 1.54) is 13.0 Å². The lowest BCUT2D eigenvalue weighted by Crippen LogP contribution is -2.20. The van der Waals surface area contributed by atoms with Crippen molar-refractivity contribution < 1.29 is 18.7 Å². The Balaban J connectivity index is 1.89. The van der Waals surface area contributed by atoms with Crippen LogP contribution in [0, 0.1) is 13.8 Å². The van der Waals surface area contributed by atoms with Gasteiger partial charge in [0.1, 0.15) is 12.2 Å². The minimum atomic E-state index is -0.454. The Bertz CT molecular complexity index is 853. The predicted octanol–water partition coefficient (Wildman–Crippen LogP) is 3.15. The van der Waals surface area contributed by atoms with E-state index in [9.17, 15) is 14.4 Å². The summed E-state index contributed by atoms with van der Waals surface area (Å²) in [6.07, 6.45) is 2.69. The average Bonchev–Trinajstić information content (AvgIpc) is 2.57. The number of ether oxygens (including phenoxy) is 1. The van der Waals surface area contributed by atoms with Gasteiger partial charge in [-0.1, -0.05) is 6.42 Å². The average molecular weight is 359 g/mol. The van der Waals surface area contributed by atoms with E-state index in [0.717, 1.165) is 29.4 Å². The molecular weight excluding hydrogens is 334 g/mol. The first kappa shape index (κ1) is 19.7. The fraction of sp³-hybridized carbons (Fsp3) is 0.450. The monoisotopic (exact) mass is 359 g/mol. The minimum absolute atomic E-state index is 0.0468. The maximum atomic E-state index is 11.9. The summed E-state index contributed by atoms with van der Waals surface area (Å²) in [5.41, 5.74) is 2.82. The van der Waals surface area contributed by atoms with Gasteiger partial charge < -0.3 is 14.5 Å². The van der Waals surface area contributed by atoms with Gasteiger partial charge in [0, 0.05) is 36.9 Å². The number of unbranched alkanes of at least 4 members (excludes halogenated alkanes) is 2. The van der Waals surface area contributed by atoms with Crippen LogP contribution >= 0.6 is 0 Å². The first-order chi connectivity index (χ1) is 12.4. The number of nitrogens with one attached hydrogen (secondary N) is 1. The normalized spacial score (nSPS) is 10.7. The topological polar surface area (TPSA) is 85.6 Å². The molecule has 26 heavy (non-hydrogen) atoms. The summed E-state index contributed by atoms with van der Waals surface area (Å²) in [5, 5.41) is 3.51. The van der Waals surface area contributed by atoms with Gasteiger partial charge in [-0.25, -0.2) is 4.79 Å². The number of hydrogen-bond acceptors (Lipinski definition) is 5. The van der Waals surface area contributed by atoms with Gasteiger partial charge in [-0.05, 0) is 49.9 Å². The molecule has 2 aromatic rings. The van der Waals surface area contributed by atoms with Gasteiger partial charge in [0.15, 0.2) is 0 Å². The lowest BCUT2D eigenvalue weighted by molar-refractivity contribution is -0.145. The number of rotatable bonds is 8. The van der Waals surface area contributed by atoms with Crippen molar-refractivity contribution in [2.45, 2.75) is 53.1 Å². The van der Waals surface area contributed by atoms with E-state index < -0.39 is 5.63 Å². The van der Waals surface area contributed by atoms with Crippen molar-refractivity contribution in [2.24, 2.45) is 0 Å². The standard InChI is InChI=1S/C20H25NO5/c1-13-9-17-16(11-20(24)26-18(17)10-14(13)2)12-25-19(23)7-5-4-6-8-21-15(3)22/h9-11H,4-8,12H2,1-3H3,(H,21,22). The van der Waals surface area contributed by atoms with Crippen LogP contribution in [0.2, 0.25) is 0 Å². The van der Waals surface area contributed by atoms with Gasteiger partial charge in [0.05, 0.1) is 0 Å². The number of esters is 1. The van der Waals surface area contributed by atoms with Crippen molar-refractivity contribution in [2.75, 3.05) is 6.54 Å². The second kappa shape index (κ2) is 9.17. The largest absolute Gasteiger partial charge is 0.461 e. The van der Waals surface area contributed by atoms with E-state index in [1.807, 2.05) is 26.0 Å². The van der Waals surface area contributed by atoms with E-state index >= 15 is 0 Å². The zero-order valence-corrected chi connectivity index (χ0v) is 15.5. The van der Waals surface area contributed by atoms with Crippen molar-refractivity contribution in [1.29, 1.82) is 0 Å². The molecule has 0 fully saturated rings. The molecule has 1 amide bonds. The van der Waals surface area contributed by atoms with Crippen molar-refractivity contribution in [3.05, 3.63) is 45.3 Å². The molecule has 0 atom stereocenters. The van der Waals surface area contributed by atoms with Crippen LogP contribution < -0.4 is 10.9 Å². The van der Waals surface area contributed by atoms with Gasteiger partial charge in [0.25, 0.3) is 0 Å². The van der Waals surface area contributed by atoms with Crippen LogP contribution in [0.15, 0.2) is 27.4 Å². The number of carbonyl (C=O) groups is 2. The summed E-state index contributed by atoms with van der Waals surface area (Å²) in [6.45, 7) is 6.09. The van der Waals surface area contributed by atoms with Crippen LogP contribution in [-0.2, 0) is 20.9 Å². The summed E-state index contributed by atoms with van der Waals surface area (Å²) in [6, 6.07) is 5.14. The van der Waals surface area contributed by atoms with Gasteiger partial charge >= 0.3 is 11.6 Å². The van der Waals surface area contributed by atoms with Gasteiger partial charge in [-0.15, -0.1) is 0 Å².